The highest BCUT2D eigenvalue weighted by Crippen LogP contribution is 2.34. The molecule has 0 aliphatic carbocycles. The predicted octanol–water partition coefficient (Wildman–Crippen LogP) is 1.90. The Hall–Kier alpha value is -2.44. The first-order valence-corrected chi connectivity index (χ1v) is 9.71. The molecule has 0 saturated carbocycles. The van der Waals surface area contributed by atoms with Crippen LogP contribution in [0.15, 0.2) is 0 Å². The van der Waals surface area contributed by atoms with Gasteiger partial charge >= 0.3 is 5.97 Å². The van der Waals surface area contributed by atoms with Crippen LogP contribution in [0.5, 0.6) is 0 Å². The number of ether oxygens (including phenoxy) is 1. The van der Waals surface area contributed by atoms with Crippen LogP contribution in [0.1, 0.15) is 51.8 Å². The van der Waals surface area contributed by atoms with Gasteiger partial charge in [0.25, 0.3) is 5.91 Å². The lowest BCUT2D eigenvalue weighted by Gasteiger charge is -2.31. The number of primary amides is 1. The number of likely N-dealkylation sites (tertiary alicyclic amines) is 1. The number of nitriles is 1. The molecule has 0 spiro atoms. The third kappa shape index (κ3) is 5.05. The minimum atomic E-state index is -0.649. The summed E-state index contributed by atoms with van der Waals surface area (Å²) in [5.41, 5.74) is 5.98. The van der Waals surface area contributed by atoms with Crippen LogP contribution in [0.25, 0.3) is 0 Å². The Morgan fingerprint density at radius 1 is 1.44 bits per heavy atom. The molecule has 0 aromatic carbocycles. The van der Waals surface area contributed by atoms with Gasteiger partial charge in [0.1, 0.15) is 5.00 Å². The zero-order valence-corrected chi connectivity index (χ0v) is 16.4. The molecule has 146 valence electrons. The monoisotopic (exact) mass is 392 g/mol. The molecule has 8 nitrogen and oxygen atoms in total. The molecule has 1 aromatic heterocycles. The summed E-state index contributed by atoms with van der Waals surface area (Å²) in [6.07, 6.45) is 2.02. The fourth-order valence-corrected chi connectivity index (χ4v) is 4.23. The first-order chi connectivity index (χ1) is 12.9. The summed E-state index contributed by atoms with van der Waals surface area (Å²) in [6, 6.07) is 2.11. The topological polar surface area (TPSA) is 126 Å². The van der Waals surface area contributed by atoms with Gasteiger partial charge in [-0.2, -0.15) is 5.26 Å². The Kier molecular flexibility index (Phi) is 7.33. The molecule has 0 bridgehead atoms. The smallest absolute Gasteiger partial charge is 0.341 e. The Bertz CT molecular complexity index is 768. The molecular weight excluding hydrogens is 368 g/mol. The van der Waals surface area contributed by atoms with Crippen LogP contribution in [0, 0.1) is 24.2 Å². The zero-order valence-electron chi connectivity index (χ0n) is 15.5. The van der Waals surface area contributed by atoms with Crippen molar-refractivity contribution in [3.05, 3.63) is 16.0 Å². The number of amides is 2. The molecule has 1 unspecified atom stereocenters. The molecule has 3 N–H and O–H groups in total. The van der Waals surface area contributed by atoms with E-state index in [-0.39, 0.29) is 28.9 Å². The normalized spacial score (nSPS) is 17.1. The summed E-state index contributed by atoms with van der Waals surface area (Å²) in [5.74, 6) is -1.69. The molecule has 2 heterocycles. The molecule has 1 aliphatic heterocycles. The van der Waals surface area contributed by atoms with E-state index in [4.69, 9.17) is 15.7 Å². The van der Waals surface area contributed by atoms with Crippen molar-refractivity contribution in [2.45, 2.75) is 33.1 Å². The number of thiophene rings is 1. The molecule has 1 fully saturated rings. The largest absolute Gasteiger partial charge is 0.462 e. The highest BCUT2D eigenvalue weighted by atomic mass is 32.1. The molecule has 1 aliphatic rings. The van der Waals surface area contributed by atoms with Crippen molar-refractivity contribution in [2.24, 2.45) is 11.7 Å². The summed E-state index contributed by atoms with van der Waals surface area (Å²) in [4.78, 5) is 39.0. The van der Waals surface area contributed by atoms with Gasteiger partial charge in [-0.15, -0.1) is 11.3 Å². The molecule has 1 atom stereocenters. The number of hydrogen-bond acceptors (Lipinski definition) is 7. The molecule has 2 rings (SSSR count). The number of rotatable bonds is 7. The van der Waals surface area contributed by atoms with E-state index in [1.54, 1.807) is 13.8 Å². The van der Waals surface area contributed by atoms with Crippen molar-refractivity contribution in [3.8, 4) is 6.07 Å². The second-order valence-electron chi connectivity index (χ2n) is 6.38. The highest BCUT2D eigenvalue weighted by molar-refractivity contribution is 7.18. The molecule has 1 aromatic rings. The number of nitrogens with zero attached hydrogens (tertiary/aromatic N) is 2. The molecule has 1 saturated heterocycles. The van der Waals surface area contributed by atoms with E-state index in [1.807, 2.05) is 0 Å². The number of carbonyl (C=O) groups excluding carboxylic acids is 3. The van der Waals surface area contributed by atoms with Crippen LogP contribution in [-0.4, -0.2) is 48.9 Å². The SMILES string of the molecule is CCOC(=O)c1c(NC(=O)C2CCCN(CCC#N)C2)sc(C(N)=O)c1C. The second-order valence-corrected chi connectivity index (χ2v) is 7.40. The lowest BCUT2D eigenvalue weighted by Crippen LogP contribution is -2.41. The Balaban J connectivity index is 2.19. The summed E-state index contributed by atoms with van der Waals surface area (Å²) in [7, 11) is 0. The average Bonchev–Trinajstić information content (AvgIpc) is 2.96. The van der Waals surface area contributed by atoms with Crippen LogP contribution in [0.3, 0.4) is 0 Å². The number of hydrogen-bond donors (Lipinski definition) is 2. The van der Waals surface area contributed by atoms with E-state index in [0.717, 1.165) is 30.7 Å². The number of carbonyl (C=O) groups is 3. The van der Waals surface area contributed by atoms with Crippen LogP contribution in [-0.2, 0) is 9.53 Å². The standard InChI is InChI=1S/C18H24N4O4S/c1-3-26-18(25)13-11(2)14(15(20)23)27-17(13)21-16(24)12-6-4-8-22(10-12)9-5-7-19/h12H,3-6,8-10H2,1-2H3,(H2,20,23)(H,21,24). The fourth-order valence-electron chi connectivity index (χ4n) is 3.18. The van der Waals surface area contributed by atoms with Gasteiger partial charge in [0.15, 0.2) is 0 Å². The Labute approximate surface area is 162 Å². The van der Waals surface area contributed by atoms with Gasteiger partial charge < -0.3 is 20.7 Å². The zero-order chi connectivity index (χ0) is 20.0. The highest BCUT2D eigenvalue weighted by Gasteiger charge is 2.29. The Morgan fingerprint density at radius 2 is 2.19 bits per heavy atom. The van der Waals surface area contributed by atoms with Crippen molar-refractivity contribution in [3.63, 3.8) is 0 Å². The maximum Gasteiger partial charge on any atom is 0.341 e. The third-order valence-electron chi connectivity index (χ3n) is 4.50. The minimum Gasteiger partial charge on any atom is -0.462 e. The van der Waals surface area contributed by atoms with Crippen molar-refractivity contribution in [1.82, 2.24) is 4.90 Å². The molecule has 27 heavy (non-hydrogen) atoms. The number of nitrogens with one attached hydrogen (secondary N) is 1. The van der Waals surface area contributed by atoms with Crippen LogP contribution in [0.2, 0.25) is 0 Å². The van der Waals surface area contributed by atoms with E-state index in [9.17, 15) is 14.4 Å². The molecular formula is C18H24N4O4S. The number of esters is 1. The van der Waals surface area contributed by atoms with Crippen molar-refractivity contribution in [1.29, 1.82) is 5.26 Å². The van der Waals surface area contributed by atoms with Gasteiger partial charge in [0, 0.05) is 19.5 Å². The van der Waals surface area contributed by atoms with Gasteiger partial charge in [0.05, 0.1) is 29.0 Å². The van der Waals surface area contributed by atoms with Gasteiger partial charge in [-0.05, 0) is 38.8 Å². The van der Waals surface area contributed by atoms with E-state index in [2.05, 4.69) is 16.3 Å². The summed E-state index contributed by atoms with van der Waals surface area (Å²) >= 11 is 0.991. The van der Waals surface area contributed by atoms with Gasteiger partial charge in [0.2, 0.25) is 5.91 Å². The van der Waals surface area contributed by atoms with Crippen molar-refractivity contribution < 1.29 is 19.1 Å². The second kappa shape index (κ2) is 9.48. The Morgan fingerprint density at radius 3 is 2.81 bits per heavy atom. The van der Waals surface area contributed by atoms with Gasteiger partial charge in [-0.1, -0.05) is 0 Å². The lowest BCUT2D eigenvalue weighted by atomic mass is 9.97. The van der Waals surface area contributed by atoms with Crippen LogP contribution >= 0.6 is 11.3 Å². The lowest BCUT2D eigenvalue weighted by molar-refractivity contribution is -0.121. The summed E-state index contributed by atoms with van der Waals surface area (Å²) in [6.45, 7) is 5.55. The van der Waals surface area contributed by atoms with Crippen LogP contribution in [0.4, 0.5) is 5.00 Å². The first kappa shape index (κ1) is 20.9. The minimum absolute atomic E-state index is 0.182. The van der Waals surface area contributed by atoms with Crippen molar-refractivity contribution in [2.75, 3.05) is 31.6 Å². The maximum atomic E-state index is 12.7. The van der Waals surface area contributed by atoms with Crippen LogP contribution < -0.4 is 11.1 Å². The number of nitrogens with two attached hydrogens (primary N) is 1. The van der Waals surface area contributed by atoms with Gasteiger partial charge in [-0.3, -0.25) is 9.59 Å². The average molecular weight is 392 g/mol. The maximum absolute atomic E-state index is 12.7. The fraction of sp³-hybridized carbons (Fsp3) is 0.556. The third-order valence-corrected chi connectivity index (χ3v) is 5.72. The number of anilines is 1. The number of piperidine rings is 1. The van der Waals surface area contributed by atoms with E-state index in [0.29, 0.717) is 30.1 Å². The van der Waals surface area contributed by atoms with E-state index >= 15 is 0 Å². The molecule has 2 amide bonds. The predicted molar refractivity (Wildman–Crippen MR) is 102 cm³/mol. The summed E-state index contributed by atoms with van der Waals surface area (Å²) < 4.78 is 5.06. The molecule has 9 heteroatoms. The first-order valence-electron chi connectivity index (χ1n) is 8.89. The van der Waals surface area contributed by atoms with Crippen molar-refractivity contribution >= 4 is 34.1 Å². The van der Waals surface area contributed by atoms with E-state index < -0.39 is 11.9 Å². The van der Waals surface area contributed by atoms with E-state index in [1.165, 1.54) is 0 Å². The summed E-state index contributed by atoms with van der Waals surface area (Å²) in [5, 5.41) is 11.8. The van der Waals surface area contributed by atoms with Gasteiger partial charge in [-0.25, -0.2) is 4.79 Å². The quantitative estimate of drug-likeness (QED) is 0.683. The molecule has 0 radical (unpaired) electrons.